The Hall–Kier alpha value is -1.52. The van der Waals surface area contributed by atoms with Crippen LogP contribution >= 0.6 is 0 Å². The summed E-state index contributed by atoms with van der Waals surface area (Å²) in [7, 11) is 4.09. The van der Waals surface area contributed by atoms with Crippen LogP contribution in [-0.4, -0.2) is 25.5 Å². The van der Waals surface area contributed by atoms with Crippen molar-refractivity contribution < 1.29 is 8.83 Å². The average molecular weight is 234 g/mol. The highest BCUT2D eigenvalue weighted by molar-refractivity contribution is 5.05. The van der Waals surface area contributed by atoms with Crippen molar-refractivity contribution in [2.75, 3.05) is 20.6 Å². The molecule has 4 heteroatoms. The van der Waals surface area contributed by atoms with Gasteiger partial charge in [0.25, 0.3) is 0 Å². The van der Waals surface area contributed by atoms with E-state index < -0.39 is 0 Å². The Morgan fingerprint density at radius 1 is 1.18 bits per heavy atom. The summed E-state index contributed by atoms with van der Waals surface area (Å²) in [5, 5.41) is 3.36. The molecule has 2 aromatic rings. The minimum Gasteiger partial charge on any atom is -0.468 e. The normalized spacial score (nSPS) is 13.1. The van der Waals surface area contributed by atoms with Gasteiger partial charge in [-0.25, -0.2) is 0 Å². The van der Waals surface area contributed by atoms with Crippen molar-refractivity contribution in [3.8, 4) is 0 Å². The van der Waals surface area contributed by atoms with E-state index in [-0.39, 0.29) is 6.04 Å². The molecule has 2 heterocycles. The molecule has 1 unspecified atom stereocenters. The number of hydrogen-bond donors (Lipinski definition) is 1. The van der Waals surface area contributed by atoms with E-state index in [9.17, 15) is 0 Å². The zero-order valence-corrected chi connectivity index (χ0v) is 10.2. The fraction of sp³-hybridized carbons (Fsp3) is 0.385. The van der Waals surface area contributed by atoms with Crippen LogP contribution in [0.3, 0.4) is 0 Å². The predicted molar refractivity (Wildman–Crippen MR) is 65.6 cm³/mol. The minimum atomic E-state index is 0.236. The highest BCUT2D eigenvalue weighted by Gasteiger charge is 2.16. The van der Waals surface area contributed by atoms with Crippen molar-refractivity contribution in [3.63, 3.8) is 0 Å². The lowest BCUT2D eigenvalue weighted by molar-refractivity contribution is 0.248. The topological polar surface area (TPSA) is 41.5 Å². The monoisotopic (exact) mass is 234 g/mol. The zero-order chi connectivity index (χ0) is 12.1. The van der Waals surface area contributed by atoms with Crippen LogP contribution in [0.5, 0.6) is 0 Å². The molecule has 2 rings (SSSR count). The second-order valence-corrected chi connectivity index (χ2v) is 4.21. The molecule has 92 valence electrons. The Labute approximate surface area is 101 Å². The standard InChI is InChI=1S/C13H18N2O2/c1-15(2)12(13-6-4-8-17-13)10-14-9-11-5-3-7-16-11/h3-8,12,14H,9-10H2,1-2H3. The maximum absolute atomic E-state index is 5.44. The molecule has 0 radical (unpaired) electrons. The van der Waals surface area contributed by atoms with E-state index >= 15 is 0 Å². The van der Waals surface area contributed by atoms with Crippen LogP contribution in [0.15, 0.2) is 45.6 Å². The molecule has 0 aliphatic heterocycles. The van der Waals surface area contributed by atoms with Crippen LogP contribution in [0.4, 0.5) is 0 Å². The first kappa shape index (κ1) is 12.0. The molecule has 0 saturated carbocycles. The van der Waals surface area contributed by atoms with Gasteiger partial charge in [0.1, 0.15) is 11.5 Å². The number of nitrogens with zero attached hydrogens (tertiary/aromatic N) is 1. The van der Waals surface area contributed by atoms with Crippen LogP contribution in [0.2, 0.25) is 0 Å². The third kappa shape index (κ3) is 3.22. The molecule has 0 aliphatic rings. The van der Waals surface area contributed by atoms with E-state index in [0.717, 1.165) is 24.6 Å². The smallest absolute Gasteiger partial charge is 0.122 e. The van der Waals surface area contributed by atoms with Gasteiger partial charge in [-0.2, -0.15) is 0 Å². The van der Waals surface area contributed by atoms with Crippen molar-refractivity contribution in [3.05, 3.63) is 48.3 Å². The molecule has 1 atom stereocenters. The van der Waals surface area contributed by atoms with Crippen molar-refractivity contribution in [1.29, 1.82) is 0 Å². The Bertz CT molecular complexity index is 407. The summed E-state index contributed by atoms with van der Waals surface area (Å²) in [6.07, 6.45) is 3.39. The molecular formula is C13H18N2O2. The molecule has 0 amide bonds. The second kappa shape index (κ2) is 5.70. The molecule has 0 aliphatic carbocycles. The average Bonchev–Trinajstić information content (AvgIpc) is 2.96. The summed E-state index contributed by atoms with van der Waals surface area (Å²) >= 11 is 0. The molecule has 1 N–H and O–H groups in total. The van der Waals surface area contributed by atoms with E-state index in [2.05, 4.69) is 10.2 Å². The quantitative estimate of drug-likeness (QED) is 0.832. The van der Waals surface area contributed by atoms with Gasteiger partial charge in [0.15, 0.2) is 0 Å². The van der Waals surface area contributed by atoms with Gasteiger partial charge in [0, 0.05) is 6.54 Å². The van der Waals surface area contributed by atoms with Crippen molar-refractivity contribution in [2.45, 2.75) is 12.6 Å². The number of rotatable bonds is 6. The van der Waals surface area contributed by atoms with E-state index in [0.29, 0.717) is 0 Å². The zero-order valence-electron chi connectivity index (χ0n) is 10.2. The van der Waals surface area contributed by atoms with Crippen molar-refractivity contribution in [2.24, 2.45) is 0 Å². The molecular weight excluding hydrogens is 216 g/mol. The summed E-state index contributed by atoms with van der Waals surface area (Å²) < 4.78 is 10.7. The third-order valence-electron chi connectivity index (χ3n) is 2.71. The first-order chi connectivity index (χ1) is 8.27. The lowest BCUT2D eigenvalue weighted by atomic mass is 10.2. The van der Waals surface area contributed by atoms with Crippen molar-refractivity contribution >= 4 is 0 Å². The van der Waals surface area contributed by atoms with Gasteiger partial charge in [-0.15, -0.1) is 0 Å². The fourth-order valence-electron chi connectivity index (χ4n) is 1.76. The summed E-state index contributed by atoms with van der Waals surface area (Å²) in [4.78, 5) is 2.13. The minimum absolute atomic E-state index is 0.236. The van der Waals surface area contributed by atoms with Gasteiger partial charge in [0.2, 0.25) is 0 Å². The fourth-order valence-corrected chi connectivity index (χ4v) is 1.76. The first-order valence-electron chi connectivity index (χ1n) is 5.70. The summed E-state index contributed by atoms with van der Waals surface area (Å²) in [6, 6.07) is 8.01. The maximum atomic E-state index is 5.44. The number of likely N-dealkylation sites (N-methyl/N-ethyl adjacent to an activating group) is 1. The Morgan fingerprint density at radius 3 is 2.53 bits per heavy atom. The van der Waals surface area contributed by atoms with Crippen molar-refractivity contribution in [1.82, 2.24) is 10.2 Å². The molecule has 4 nitrogen and oxygen atoms in total. The molecule has 0 fully saturated rings. The number of nitrogens with one attached hydrogen (secondary N) is 1. The Kier molecular flexibility index (Phi) is 4.01. The van der Waals surface area contributed by atoms with Gasteiger partial charge >= 0.3 is 0 Å². The largest absolute Gasteiger partial charge is 0.468 e. The Morgan fingerprint density at radius 2 is 1.94 bits per heavy atom. The van der Waals surface area contributed by atoms with Gasteiger partial charge < -0.3 is 14.2 Å². The van der Waals surface area contributed by atoms with E-state index in [4.69, 9.17) is 8.83 Å². The summed E-state index contributed by atoms with van der Waals surface area (Å²) in [5.74, 6) is 1.92. The first-order valence-corrected chi connectivity index (χ1v) is 5.70. The second-order valence-electron chi connectivity index (χ2n) is 4.21. The number of furan rings is 2. The van der Waals surface area contributed by atoms with E-state index in [1.807, 2.05) is 38.4 Å². The maximum Gasteiger partial charge on any atom is 0.122 e. The van der Waals surface area contributed by atoms with Crippen LogP contribution in [0.1, 0.15) is 17.6 Å². The van der Waals surface area contributed by atoms with E-state index in [1.165, 1.54) is 0 Å². The third-order valence-corrected chi connectivity index (χ3v) is 2.71. The van der Waals surface area contributed by atoms with Crippen LogP contribution in [0.25, 0.3) is 0 Å². The highest BCUT2D eigenvalue weighted by atomic mass is 16.3. The summed E-state index contributed by atoms with van der Waals surface area (Å²) in [5.41, 5.74) is 0. The Balaban J connectivity index is 1.86. The lowest BCUT2D eigenvalue weighted by Gasteiger charge is -2.22. The van der Waals surface area contributed by atoms with Crippen LogP contribution in [0, 0.1) is 0 Å². The predicted octanol–water partition coefficient (Wildman–Crippen LogP) is 2.27. The van der Waals surface area contributed by atoms with Gasteiger partial charge in [-0.05, 0) is 38.4 Å². The molecule has 17 heavy (non-hydrogen) atoms. The molecule has 2 aromatic heterocycles. The molecule has 0 aromatic carbocycles. The van der Waals surface area contributed by atoms with Crippen LogP contribution in [-0.2, 0) is 6.54 Å². The summed E-state index contributed by atoms with van der Waals surface area (Å²) in [6.45, 7) is 1.55. The highest BCUT2D eigenvalue weighted by Crippen LogP contribution is 2.17. The molecule has 0 spiro atoms. The van der Waals surface area contributed by atoms with Gasteiger partial charge in [-0.1, -0.05) is 0 Å². The van der Waals surface area contributed by atoms with E-state index in [1.54, 1.807) is 12.5 Å². The van der Waals surface area contributed by atoms with Crippen LogP contribution < -0.4 is 5.32 Å². The SMILES string of the molecule is CN(C)C(CNCc1ccco1)c1ccco1. The molecule has 0 saturated heterocycles. The molecule has 0 bridgehead atoms. The number of hydrogen-bond acceptors (Lipinski definition) is 4. The van der Waals surface area contributed by atoms with Gasteiger partial charge in [-0.3, -0.25) is 4.90 Å². The van der Waals surface area contributed by atoms with Gasteiger partial charge in [0.05, 0.1) is 25.1 Å². The lowest BCUT2D eigenvalue weighted by Crippen LogP contribution is -2.30.